The Morgan fingerprint density at radius 2 is 1.00 bits per heavy atom. The predicted molar refractivity (Wildman–Crippen MR) is 85.6 cm³/mol. The monoisotopic (exact) mass is 466 g/mol. The Balaban J connectivity index is 2.55. The molecule has 30 heavy (non-hydrogen) atoms. The molecular weight excluding hydrogens is 455 g/mol. The fourth-order valence-corrected chi connectivity index (χ4v) is 3.30. The van der Waals surface area contributed by atoms with Crippen LogP contribution in [0.25, 0.3) is 0 Å². The van der Waals surface area contributed by atoms with Crippen LogP contribution in [0.2, 0.25) is 0 Å². The van der Waals surface area contributed by atoms with Crippen molar-refractivity contribution in [2.45, 2.75) is 29.4 Å². The summed E-state index contributed by atoms with van der Waals surface area (Å²) >= 11 is 0. The van der Waals surface area contributed by atoms with Gasteiger partial charge in [0.05, 0.1) is 0 Å². The molecular formula is C17H11F9O3S. The van der Waals surface area contributed by atoms with Crippen molar-refractivity contribution >= 4 is 10.1 Å². The third-order valence-corrected chi connectivity index (χ3v) is 5.19. The van der Waals surface area contributed by atoms with Gasteiger partial charge in [-0.05, 0) is 11.1 Å². The number of halogens is 9. The highest BCUT2D eigenvalue weighted by Gasteiger charge is 2.85. The molecule has 0 fully saturated rings. The van der Waals surface area contributed by atoms with E-state index in [1.54, 1.807) is 0 Å². The molecule has 0 bridgehead atoms. The summed E-state index contributed by atoms with van der Waals surface area (Å²) in [5, 5.41) is -6.93. The van der Waals surface area contributed by atoms with Gasteiger partial charge >= 0.3 is 33.4 Å². The third-order valence-electron chi connectivity index (χ3n) is 3.86. The van der Waals surface area contributed by atoms with E-state index in [-0.39, 0.29) is 11.1 Å². The summed E-state index contributed by atoms with van der Waals surface area (Å²) in [6.45, 7) is 0. The molecule has 2 rings (SSSR count). The zero-order valence-corrected chi connectivity index (χ0v) is 15.2. The van der Waals surface area contributed by atoms with Crippen molar-refractivity contribution in [3.63, 3.8) is 0 Å². The molecule has 2 aromatic rings. The lowest BCUT2D eigenvalue weighted by molar-refractivity contribution is -0.382. The molecule has 0 spiro atoms. The van der Waals surface area contributed by atoms with E-state index in [0.29, 0.717) is 0 Å². The van der Waals surface area contributed by atoms with Gasteiger partial charge in [0.25, 0.3) is 0 Å². The second kappa shape index (κ2) is 7.76. The van der Waals surface area contributed by atoms with Crippen LogP contribution in [-0.2, 0) is 14.3 Å². The van der Waals surface area contributed by atoms with Gasteiger partial charge in [-0.3, -0.25) is 4.18 Å². The predicted octanol–water partition coefficient (Wildman–Crippen LogP) is 5.55. The molecule has 0 aliphatic carbocycles. The zero-order valence-electron chi connectivity index (χ0n) is 14.4. The molecule has 166 valence electrons. The van der Waals surface area contributed by atoms with Crippen LogP contribution >= 0.6 is 0 Å². The fourth-order valence-electron chi connectivity index (χ4n) is 2.26. The van der Waals surface area contributed by atoms with Crippen molar-refractivity contribution in [3.05, 3.63) is 71.8 Å². The van der Waals surface area contributed by atoms with Crippen molar-refractivity contribution in [2.24, 2.45) is 0 Å². The maximum Gasteiger partial charge on any atom is 0.460 e. The molecule has 0 aliphatic rings. The molecule has 0 unspecified atom stereocenters. The first-order valence-corrected chi connectivity index (χ1v) is 9.20. The lowest BCUT2D eigenvalue weighted by atomic mass is 10.0. The Morgan fingerprint density at radius 3 is 1.33 bits per heavy atom. The van der Waals surface area contributed by atoms with E-state index in [4.69, 9.17) is 0 Å². The van der Waals surface area contributed by atoms with E-state index in [9.17, 15) is 47.9 Å². The molecule has 0 aliphatic heterocycles. The van der Waals surface area contributed by atoms with Gasteiger partial charge in [0.1, 0.15) is 6.10 Å². The van der Waals surface area contributed by atoms with Crippen molar-refractivity contribution in [1.82, 2.24) is 0 Å². The Bertz CT molecular complexity index is 919. The molecule has 0 amide bonds. The minimum absolute atomic E-state index is 0.172. The van der Waals surface area contributed by atoms with Gasteiger partial charge in [0, 0.05) is 0 Å². The van der Waals surface area contributed by atoms with Crippen LogP contribution < -0.4 is 0 Å². The van der Waals surface area contributed by atoms with Gasteiger partial charge in [0.2, 0.25) is 0 Å². The number of benzene rings is 2. The minimum atomic E-state index is -7.37. The third kappa shape index (κ3) is 4.00. The highest BCUT2D eigenvalue weighted by molar-refractivity contribution is 7.87. The lowest BCUT2D eigenvalue weighted by Gasteiger charge is -2.33. The smallest absolute Gasteiger partial charge is 0.252 e. The normalized spacial score (nSPS) is 14.2. The maximum atomic E-state index is 14.0. The number of hydrogen-bond donors (Lipinski definition) is 0. The summed E-state index contributed by atoms with van der Waals surface area (Å²) < 4.78 is 146. The average molecular weight is 466 g/mol. The maximum absolute atomic E-state index is 14.0. The quantitative estimate of drug-likeness (QED) is 0.397. The number of hydrogen-bond acceptors (Lipinski definition) is 3. The van der Waals surface area contributed by atoms with Crippen LogP contribution in [0.3, 0.4) is 0 Å². The molecule has 0 radical (unpaired) electrons. The summed E-state index contributed by atoms with van der Waals surface area (Å²) in [5.74, 6) is -14.7. The van der Waals surface area contributed by atoms with Crippen LogP contribution in [-0.4, -0.2) is 31.7 Å². The first-order chi connectivity index (χ1) is 13.6. The largest absolute Gasteiger partial charge is 0.460 e. The highest BCUT2D eigenvalue weighted by Crippen LogP contribution is 2.55. The van der Waals surface area contributed by atoms with Crippen molar-refractivity contribution in [1.29, 1.82) is 0 Å². The summed E-state index contributed by atoms with van der Waals surface area (Å²) in [5.41, 5.74) is -0.344. The lowest BCUT2D eigenvalue weighted by Crippen LogP contribution is -2.63. The second-order valence-corrected chi connectivity index (χ2v) is 7.53. The van der Waals surface area contributed by atoms with Crippen LogP contribution in [0.5, 0.6) is 0 Å². The van der Waals surface area contributed by atoms with Crippen LogP contribution in [0.4, 0.5) is 39.5 Å². The first-order valence-electron chi connectivity index (χ1n) is 7.79. The standard InChI is InChI=1S/C17H11F9O3S/c18-14(19,16(22,23)24)15(20,21)17(25,26)30(27,28)29-13(11-7-3-1-4-8-11)12-9-5-2-6-10-12/h1-10,13H. The average Bonchev–Trinajstić information content (AvgIpc) is 2.66. The van der Waals surface area contributed by atoms with Crippen LogP contribution in [0, 0.1) is 0 Å². The Labute approximate surface area is 164 Å². The Hall–Kier alpha value is -2.28. The highest BCUT2D eigenvalue weighted by atomic mass is 32.2. The van der Waals surface area contributed by atoms with Crippen molar-refractivity contribution in [3.8, 4) is 0 Å². The van der Waals surface area contributed by atoms with Crippen LogP contribution in [0.15, 0.2) is 60.7 Å². The van der Waals surface area contributed by atoms with Gasteiger partial charge in [0.15, 0.2) is 0 Å². The summed E-state index contributed by atoms with van der Waals surface area (Å²) in [4.78, 5) is 0. The molecule has 13 heteroatoms. The molecule has 0 heterocycles. The zero-order chi connectivity index (χ0) is 23.0. The molecule has 0 aromatic heterocycles. The van der Waals surface area contributed by atoms with E-state index < -0.39 is 39.5 Å². The Morgan fingerprint density at radius 1 is 0.633 bits per heavy atom. The molecule has 0 saturated carbocycles. The molecule has 3 nitrogen and oxygen atoms in total. The van der Waals surface area contributed by atoms with Gasteiger partial charge in [-0.1, -0.05) is 60.7 Å². The second-order valence-electron chi connectivity index (χ2n) is 5.92. The van der Waals surface area contributed by atoms with E-state index in [1.807, 2.05) is 0 Å². The van der Waals surface area contributed by atoms with E-state index in [2.05, 4.69) is 4.18 Å². The molecule has 0 atom stereocenters. The van der Waals surface area contributed by atoms with E-state index in [0.717, 1.165) is 24.3 Å². The van der Waals surface area contributed by atoms with Gasteiger partial charge in [-0.25, -0.2) is 0 Å². The minimum Gasteiger partial charge on any atom is -0.252 e. The van der Waals surface area contributed by atoms with Gasteiger partial charge < -0.3 is 0 Å². The molecule has 0 saturated heterocycles. The summed E-state index contributed by atoms with van der Waals surface area (Å²) in [6.07, 6.45) is -9.19. The molecule has 0 N–H and O–H groups in total. The summed E-state index contributed by atoms with van der Waals surface area (Å²) in [7, 11) is -7.02. The van der Waals surface area contributed by atoms with Crippen molar-refractivity contribution in [2.75, 3.05) is 0 Å². The van der Waals surface area contributed by atoms with Gasteiger partial charge in [-0.2, -0.15) is 47.9 Å². The topological polar surface area (TPSA) is 43.4 Å². The number of alkyl halides is 9. The SMILES string of the molecule is O=S(=O)(OC(c1ccccc1)c1ccccc1)C(F)(F)C(F)(F)C(F)(F)C(F)(F)F. The van der Waals surface area contributed by atoms with E-state index >= 15 is 0 Å². The van der Waals surface area contributed by atoms with Crippen molar-refractivity contribution < 1.29 is 52.1 Å². The summed E-state index contributed by atoms with van der Waals surface area (Å²) in [6, 6.07) is 12.6. The first kappa shape index (κ1) is 24.0. The van der Waals surface area contributed by atoms with Gasteiger partial charge in [-0.15, -0.1) is 0 Å². The van der Waals surface area contributed by atoms with E-state index in [1.165, 1.54) is 36.4 Å². The van der Waals surface area contributed by atoms with Crippen LogP contribution in [0.1, 0.15) is 17.2 Å². The fraction of sp³-hybridized carbons (Fsp3) is 0.294. The number of rotatable bonds is 7. The molecule has 2 aromatic carbocycles. The Kier molecular flexibility index (Phi) is 6.21.